The molecule has 2 unspecified atom stereocenters. The third-order valence-electron chi connectivity index (χ3n) is 3.79. The Morgan fingerprint density at radius 3 is 2.89 bits per heavy atom. The number of carbonyl (C=O) groups is 1. The fraction of sp³-hybridized carbons (Fsp3) is 0.933. The first-order valence-corrected chi connectivity index (χ1v) is 7.72. The van der Waals surface area contributed by atoms with Gasteiger partial charge in [0.2, 0.25) is 5.91 Å². The maximum atomic E-state index is 12.0. The standard InChI is InChI=1S/C15H30N2O2/c1-4-13-5-7-16-14(11-13)15(18)17-8-10-19-9-6-12(2)3/h12-14,16H,4-11H2,1-3H3,(H,17,18). The van der Waals surface area contributed by atoms with E-state index in [4.69, 9.17) is 4.74 Å². The summed E-state index contributed by atoms with van der Waals surface area (Å²) in [6.45, 7) is 9.55. The van der Waals surface area contributed by atoms with Gasteiger partial charge in [0, 0.05) is 13.2 Å². The second kappa shape index (κ2) is 9.32. The molecule has 1 aliphatic heterocycles. The van der Waals surface area contributed by atoms with E-state index in [9.17, 15) is 4.79 Å². The van der Waals surface area contributed by atoms with Gasteiger partial charge in [-0.25, -0.2) is 0 Å². The Morgan fingerprint density at radius 2 is 2.21 bits per heavy atom. The van der Waals surface area contributed by atoms with Gasteiger partial charge in [-0.05, 0) is 37.6 Å². The number of rotatable bonds is 8. The highest BCUT2D eigenvalue weighted by molar-refractivity contribution is 5.81. The van der Waals surface area contributed by atoms with Crippen molar-refractivity contribution < 1.29 is 9.53 Å². The van der Waals surface area contributed by atoms with E-state index in [1.165, 1.54) is 12.8 Å². The smallest absolute Gasteiger partial charge is 0.237 e. The van der Waals surface area contributed by atoms with Crippen LogP contribution < -0.4 is 10.6 Å². The lowest BCUT2D eigenvalue weighted by molar-refractivity contribution is -0.124. The van der Waals surface area contributed by atoms with E-state index in [0.717, 1.165) is 26.0 Å². The quantitative estimate of drug-likeness (QED) is 0.663. The van der Waals surface area contributed by atoms with Crippen molar-refractivity contribution in [3.05, 3.63) is 0 Å². The zero-order valence-corrected chi connectivity index (χ0v) is 12.7. The molecule has 2 atom stereocenters. The third-order valence-corrected chi connectivity index (χ3v) is 3.79. The minimum Gasteiger partial charge on any atom is -0.380 e. The van der Waals surface area contributed by atoms with Crippen LogP contribution in [0.15, 0.2) is 0 Å². The molecule has 0 aromatic rings. The summed E-state index contributed by atoms with van der Waals surface area (Å²) < 4.78 is 5.49. The average molecular weight is 270 g/mol. The Bertz CT molecular complexity index is 257. The molecule has 0 radical (unpaired) electrons. The van der Waals surface area contributed by atoms with E-state index in [0.29, 0.717) is 25.0 Å². The predicted octanol–water partition coefficient (Wildman–Crippen LogP) is 1.94. The van der Waals surface area contributed by atoms with Crippen molar-refractivity contribution in [3.8, 4) is 0 Å². The molecular weight excluding hydrogens is 240 g/mol. The summed E-state index contributed by atoms with van der Waals surface area (Å²) in [6.07, 6.45) is 4.41. The SMILES string of the molecule is CCC1CCNC(C(=O)NCCOCCC(C)C)C1. The summed E-state index contributed by atoms with van der Waals surface area (Å²) >= 11 is 0. The van der Waals surface area contributed by atoms with Crippen LogP contribution in [0.5, 0.6) is 0 Å². The topological polar surface area (TPSA) is 50.4 Å². The van der Waals surface area contributed by atoms with Gasteiger partial charge in [0.15, 0.2) is 0 Å². The highest BCUT2D eigenvalue weighted by Gasteiger charge is 2.25. The Kier molecular flexibility index (Phi) is 8.07. The molecule has 0 bridgehead atoms. The van der Waals surface area contributed by atoms with E-state index >= 15 is 0 Å². The van der Waals surface area contributed by atoms with Crippen LogP contribution in [-0.4, -0.2) is 38.3 Å². The van der Waals surface area contributed by atoms with Gasteiger partial charge in [0.1, 0.15) is 0 Å². The van der Waals surface area contributed by atoms with Crippen molar-refractivity contribution in [3.63, 3.8) is 0 Å². The van der Waals surface area contributed by atoms with Crippen molar-refractivity contribution in [2.24, 2.45) is 11.8 Å². The van der Waals surface area contributed by atoms with Crippen LogP contribution in [0.25, 0.3) is 0 Å². The molecule has 112 valence electrons. The van der Waals surface area contributed by atoms with Gasteiger partial charge in [0.25, 0.3) is 0 Å². The molecule has 0 aromatic heterocycles. The Hall–Kier alpha value is -0.610. The molecular formula is C15H30N2O2. The first-order chi connectivity index (χ1) is 9.13. The predicted molar refractivity (Wildman–Crippen MR) is 78.1 cm³/mol. The lowest BCUT2D eigenvalue weighted by Gasteiger charge is -2.28. The van der Waals surface area contributed by atoms with Crippen molar-refractivity contribution in [1.29, 1.82) is 0 Å². The van der Waals surface area contributed by atoms with Crippen LogP contribution in [-0.2, 0) is 9.53 Å². The van der Waals surface area contributed by atoms with Gasteiger partial charge < -0.3 is 15.4 Å². The van der Waals surface area contributed by atoms with Crippen LogP contribution in [0.3, 0.4) is 0 Å². The Morgan fingerprint density at radius 1 is 1.42 bits per heavy atom. The molecule has 2 N–H and O–H groups in total. The summed E-state index contributed by atoms with van der Waals surface area (Å²) in [5.41, 5.74) is 0. The lowest BCUT2D eigenvalue weighted by Crippen LogP contribution is -2.49. The Balaban J connectivity index is 2.07. The molecule has 0 aromatic carbocycles. The van der Waals surface area contributed by atoms with Crippen molar-refractivity contribution in [2.45, 2.75) is 52.5 Å². The van der Waals surface area contributed by atoms with Crippen LogP contribution in [0.4, 0.5) is 0 Å². The number of amides is 1. The molecule has 1 amide bonds. The molecule has 1 heterocycles. The van der Waals surface area contributed by atoms with Crippen molar-refractivity contribution >= 4 is 5.91 Å². The van der Waals surface area contributed by atoms with Crippen LogP contribution in [0.1, 0.15) is 46.5 Å². The maximum Gasteiger partial charge on any atom is 0.237 e. The molecule has 4 heteroatoms. The summed E-state index contributed by atoms with van der Waals surface area (Å²) in [5.74, 6) is 1.50. The summed E-state index contributed by atoms with van der Waals surface area (Å²) in [6, 6.07) is -0.00522. The van der Waals surface area contributed by atoms with Crippen molar-refractivity contribution in [2.75, 3.05) is 26.3 Å². The molecule has 4 nitrogen and oxygen atoms in total. The highest BCUT2D eigenvalue weighted by atomic mass is 16.5. The molecule has 1 saturated heterocycles. The van der Waals surface area contributed by atoms with Crippen LogP contribution >= 0.6 is 0 Å². The first-order valence-electron chi connectivity index (χ1n) is 7.72. The molecule has 0 aliphatic carbocycles. The van der Waals surface area contributed by atoms with Gasteiger partial charge in [-0.3, -0.25) is 4.79 Å². The monoisotopic (exact) mass is 270 g/mol. The van der Waals surface area contributed by atoms with E-state index in [-0.39, 0.29) is 11.9 Å². The summed E-state index contributed by atoms with van der Waals surface area (Å²) in [5, 5.41) is 6.26. The van der Waals surface area contributed by atoms with E-state index in [2.05, 4.69) is 31.4 Å². The molecule has 0 saturated carbocycles. The molecule has 0 spiro atoms. The van der Waals surface area contributed by atoms with E-state index in [1.807, 2.05) is 0 Å². The molecule has 19 heavy (non-hydrogen) atoms. The van der Waals surface area contributed by atoms with E-state index in [1.54, 1.807) is 0 Å². The molecule has 1 aliphatic rings. The fourth-order valence-corrected chi connectivity index (χ4v) is 2.36. The zero-order valence-electron chi connectivity index (χ0n) is 12.7. The second-order valence-corrected chi connectivity index (χ2v) is 5.89. The number of nitrogens with one attached hydrogen (secondary N) is 2. The lowest BCUT2D eigenvalue weighted by atomic mass is 9.90. The second-order valence-electron chi connectivity index (χ2n) is 5.89. The summed E-state index contributed by atoms with van der Waals surface area (Å²) in [7, 11) is 0. The largest absolute Gasteiger partial charge is 0.380 e. The highest BCUT2D eigenvalue weighted by Crippen LogP contribution is 2.19. The number of hydrogen-bond acceptors (Lipinski definition) is 3. The van der Waals surface area contributed by atoms with Gasteiger partial charge in [-0.1, -0.05) is 27.2 Å². The first kappa shape index (κ1) is 16.4. The van der Waals surface area contributed by atoms with Crippen LogP contribution in [0, 0.1) is 11.8 Å². The summed E-state index contributed by atoms with van der Waals surface area (Å²) in [4.78, 5) is 12.0. The van der Waals surface area contributed by atoms with E-state index < -0.39 is 0 Å². The number of piperidine rings is 1. The van der Waals surface area contributed by atoms with Gasteiger partial charge in [-0.15, -0.1) is 0 Å². The zero-order chi connectivity index (χ0) is 14.1. The number of ether oxygens (including phenoxy) is 1. The average Bonchev–Trinajstić information content (AvgIpc) is 2.42. The minimum atomic E-state index is -0.00522. The third kappa shape index (κ3) is 6.92. The molecule has 1 fully saturated rings. The maximum absolute atomic E-state index is 12.0. The normalized spacial score (nSPS) is 23.6. The number of carbonyl (C=O) groups excluding carboxylic acids is 1. The van der Waals surface area contributed by atoms with Crippen LogP contribution in [0.2, 0.25) is 0 Å². The molecule has 1 rings (SSSR count). The minimum absolute atomic E-state index is 0.00522. The van der Waals surface area contributed by atoms with Gasteiger partial charge in [-0.2, -0.15) is 0 Å². The van der Waals surface area contributed by atoms with Gasteiger partial charge >= 0.3 is 0 Å². The van der Waals surface area contributed by atoms with Gasteiger partial charge in [0.05, 0.1) is 12.6 Å². The van der Waals surface area contributed by atoms with Crippen molar-refractivity contribution in [1.82, 2.24) is 10.6 Å². The Labute approximate surface area is 117 Å². The number of hydrogen-bond donors (Lipinski definition) is 2. The fourth-order valence-electron chi connectivity index (χ4n) is 2.36.